The summed E-state index contributed by atoms with van der Waals surface area (Å²) in [5.41, 5.74) is 0.837. The maximum atomic E-state index is 10.6. The van der Waals surface area contributed by atoms with Crippen molar-refractivity contribution in [1.29, 1.82) is 0 Å². The Labute approximate surface area is 124 Å². The summed E-state index contributed by atoms with van der Waals surface area (Å²) in [6.07, 6.45) is 0.756. The molecule has 0 radical (unpaired) electrons. The molecule has 2 unspecified atom stereocenters. The van der Waals surface area contributed by atoms with Gasteiger partial charge >= 0.3 is 0 Å². The third kappa shape index (κ3) is 4.92. The quantitative estimate of drug-likeness (QED) is 0.810. The molecular weight excluding hydrogens is 246 g/mol. The molecule has 0 aliphatic carbocycles. The second kappa shape index (κ2) is 7.24. The highest BCUT2D eigenvalue weighted by Crippen LogP contribution is 2.34. The van der Waals surface area contributed by atoms with Crippen LogP contribution in [0.15, 0.2) is 30.3 Å². The van der Waals surface area contributed by atoms with Gasteiger partial charge in [-0.2, -0.15) is 0 Å². The average molecular weight is 277 g/mol. The number of hydrogen-bond donors (Lipinski definition) is 1. The van der Waals surface area contributed by atoms with Crippen molar-refractivity contribution in [2.24, 2.45) is 11.3 Å². The third-order valence-electron chi connectivity index (χ3n) is 4.08. The van der Waals surface area contributed by atoms with E-state index in [0.717, 1.165) is 12.1 Å². The number of aliphatic hydroxyl groups excluding tert-OH is 1. The Morgan fingerprint density at radius 1 is 1.10 bits per heavy atom. The summed E-state index contributed by atoms with van der Waals surface area (Å²) >= 11 is 0. The smallest absolute Gasteiger partial charge is 0.0853 e. The summed E-state index contributed by atoms with van der Waals surface area (Å²) < 4.78 is 0. The zero-order valence-electron chi connectivity index (χ0n) is 13.9. The lowest BCUT2D eigenvalue weighted by Gasteiger charge is -2.37. The topological polar surface area (TPSA) is 23.5 Å². The second-order valence-electron chi connectivity index (χ2n) is 7.20. The zero-order valence-corrected chi connectivity index (χ0v) is 13.9. The Morgan fingerprint density at radius 2 is 1.65 bits per heavy atom. The van der Waals surface area contributed by atoms with Crippen molar-refractivity contribution < 1.29 is 5.11 Å². The van der Waals surface area contributed by atoms with E-state index >= 15 is 0 Å². The van der Waals surface area contributed by atoms with Crippen LogP contribution in [0.1, 0.15) is 52.7 Å². The largest absolute Gasteiger partial charge is 0.388 e. The van der Waals surface area contributed by atoms with Gasteiger partial charge in [-0.3, -0.25) is 0 Å². The minimum Gasteiger partial charge on any atom is -0.388 e. The normalized spacial score (nSPS) is 15.7. The molecule has 2 nitrogen and oxygen atoms in total. The van der Waals surface area contributed by atoms with Crippen molar-refractivity contribution >= 4 is 0 Å². The maximum absolute atomic E-state index is 10.6. The Kier molecular flexibility index (Phi) is 6.22. The van der Waals surface area contributed by atoms with Gasteiger partial charge < -0.3 is 10.0 Å². The van der Waals surface area contributed by atoms with Crippen LogP contribution >= 0.6 is 0 Å². The van der Waals surface area contributed by atoms with Gasteiger partial charge in [-0.1, -0.05) is 58.0 Å². The fourth-order valence-corrected chi connectivity index (χ4v) is 2.83. The van der Waals surface area contributed by atoms with Crippen LogP contribution in [0.4, 0.5) is 0 Å². The van der Waals surface area contributed by atoms with Crippen LogP contribution in [-0.2, 0) is 0 Å². The molecule has 0 saturated heterocycles. The van der Waals surface area contributed by atoms with Gasteiger partial charge in [0.15, 0.2) is 0 Å². The summed E-state index contributed by atoms with van der Waals surface area (Å²) in [6.45, 7) is 12.0. The van der Waals surface area contributed by atoms with E-state index in [0.29, 0.717) is 12.0 Å². The first-order valence-electron chi connectivity index (χ1n) is 7.67. The number of nitrogens with zero attached hydrogens (tertiary/aromatic N) is 1. The highest BCUT2D eigenvalue weighted by molar-refractivity contribution is 5.19. The molecule has 1 rings (SSSR count). The van der Waals surface area contributed by atoms with Gasteiger partial charge in [0, 0.05) is 18.0 Å². The van der Waals surface area contributed by atoms with E-state index in [4.69, 9.17) is 0 Å². The van der Waals surface area contributed by atoms with Crippen molar-refractivity contribution in [2.45, 2.75) is 53.2 Å². The molecule has 0 amide bonds. The van der Waals surface area contributed by atoms with E-state index in [9.17, 15) is 5.11 Å². The zero-order chi connectivity index (χ0) is 15.3. The minimum absolute atomic E-state index is 0.165. The SMILES string of the molecule is CC(C)CC(C)N(C)CC(C)(C)C(O)c1ccccc1. The van der Waals surface area contributed by atoms with Gasteiger partial charge in [-0.25, -0.2) is 0 Å². The van der Waals surface area contributed by atoms with Crippen molar-refractivity contribution in [1.82, 2.24) is 4.90 Å². The van der Waals surface area contributed by atoms with Crippen molar-refractivity contribution in [3.8, 4) is 0 Å². The summed E-state index contributed by atoms with van der Waals surface area (Å²) in [6, 6.07) is 10.5. The number of rotatable bonds is 7. The molecule has 114 valence electrons. The molecule has 2 atom stereocenters. The van der Waals surface area contributed by atoms with Crippen LogP contribution in [0.25, 0.3) is 0 Å². The van der Waals surface area contributed by atoms with Gasteiger partial charge in [0.2, 0.25) is 0 Å². The molecule has 2 heteroatoms. The summed E-state index contributed by atoms with van der Waals surface area (Å²) in [5, 5.41) is 10.6. The number of hydrogen-bond acceptors (Lipinski definition) is 2. The van der Waals surface area contributed by atoms with Crippen LogP contribution in [0.2, 0.25) is 0 Å². The second-order valence-corrected chi connectivity index (χ2v) is 7.20. The van der Waals surface area contributed by atoms with Crippen LogP contribution in [0.3, 0.4) is 0 Å². The van der Waals surface area contributed by atoms with Gasteiger partial charge in [-0.15, -0.1) is 0 Å². The molecule has 0 aliphatic heterocycles. The van der Waals surface area contributed by atoms with Crippen LogP contribution in [-0.4, -0.2) is 29.6 Å². The molecule has 1 aromatic carbocycles. The fraction of sp³-hybridized carbons (Fsp3) is 0.667. The van der Waals surface area contributed by atoms with Gasteiger partial charge in [-0.05, 0) is 31.9 Å². The first-order chi connectivity index (χ1) is 9.24. The molecular formula is C18H31NO. The Bertz CT molecular complexity index is 386. The van der Waals surface area contributed by atoms with Crippen molar-refractivity contribution in [3.63, 3.8) is 0 Å². The van der Waals surface area contributed by atoms with Gasteiger partial charge in [0.05, 0.1) is 6.10 Å². The molecule has 0 fully saturated rings. The fourth-order valence-electron chi connectivity index (χ4n) is 2.83. The molecule has 0 spiro atoms. The minimum atomic E-state index is -0.433. The van der Waals surface area contributed by atoms with E-state index in [1.165, 1.54) is 6.42 Å². The lowest BCUT2D eigenvalue weighted by molar-refractivity contribution is 0.0164. The lowest BCUT2D eigenvalue weighted by Crippen LogP contribution is -2.40. The summed E-state index contributed by atoms with van der Waals surface area (Å²) in [4.78, 5) is 2.37. The number of benzene rings is 1. The van der Waals surface area contributed by atoms with E-state index in [1.807, 2.05) is 30.3 Å². The summed E-state index contributed by atoms with van der Waals surface area (Å²) in [7, 11) is 2.16. The van der Waals surface area contributed by atoms with Gasteiger partial charge in [0.1, 0.15) is 0 Å². The Balaban J connectivity index is 2.69. The summed E-state index contributed by atoms with van der Waals surface area (Å²) in [5.74, 6) is 0.703. The van der Waals surface area contributed by atoms with E-state index < -0.39 is 6.10 Å². The monoisotopic (exact) mass is 277 g/mol. The predicted octanol–water partition coefficient (Wildman–Crippen LogP) is 4.11. The average Bonchev–Trinajstić information content (AvgIpc) is 2.37. The predicted molar refractivity (Wildman–Crippen MR) is 86.7 cm³/mol. The van der Waals surface area contributed by atoms with Crippen LogP contribution in [0, 0.1) is 11.3 Å². The van der Waals surface area contributed by atoms with Crippen molar-refractivity contribution in [3.05, 3.63) is 35.9 Å². The maximum Gasteiger partial charge on any atom is 0.0853 e. The van der Waals surface area contributed by atoms with E-state index in [1.54, 1.807) is 0 Å². The standard InChI is InChI=1S/C18H31NO/c1-14(2)12-15(3)19(6)13-18(4,5)17(20)16-10-8-7-9-11-16/h7-11,14-15,17,20H,12-13H2,1-6H3. The molecule has 20 heavy (non-hydrogen) atoms. The van der Waals surface area contributed by atoms with E-state index in [2.05, 4.69) is 46.6 Å². The van der Waals surface area contributed by atoms with E-state index in [-0.39, 0.29) is 5.41 Å². The highest BCUT2D eigenvalue weighted by atomic mass is 16.3. The molecule has 0 saturated carbocycles. The lowest BCUT2D eigenvalue weighted by atomic mass is 9.81. The molecule has 0 bridgehead atoms. The molecule has 1 N–H and O–H groups in total. The third-order valence-corrected chi connectivity index (χ3v) is 4.08. The molecule has 0 aliphatic rings. The molecule has 0 aromatic heterocycles. The molecule has 0 heterocycles. The molecule has 1 aromatic rings. The number of aliphatic hydroxyl groups is 1. The highest BCUT2D eigenvalue weighted by Gasteiger charge is 2.31. The van der Waals surface area contributed by atoms with Crippen LogP contribution < -0.4 is 0 Å². The van der Waals surface area contributed by atoms with Crippen molar-refractivity contribution in [2.75, 3.05) is 13.6 Å². The van der Waals surface area contributed by atoms with Crippen LogP contribution in [0.5, 0.6) is 0 Å². The van der Waals surface area contributed by atoms with Gasteiger partial charge in [0.25, 0.3) is 0 Å². The Morgan fingerprint density at radius 3 is 2.15 bits per heavy atom. The Hall–Kier alpha value is -0.860. The first kappa shape index (κ1) is 17.2. The first-order valence-corrected chi connectivity index (χ1v) is 7.67.